The lowest BCUT2D eigenvalue weighted by Crippen LogP contribution is -2.28. The molecule has 0 N–H and O–H groups in total. The van der Waals surface area contributed by atoms with E-state index < -0.39 is 0 Å². The second-order valence-corrected chi connectivity index (χ2v) is 7.90. The van der Waals surface area contributed by atoms with Crippen molar-refractivity contribution in [1.29, 1.82) is 0 Å². The van der Waals surface area contributed by atoms with Crippen LogP contribution < -0.4 is 14.4 Å². The van der Waals surface area contributed by atoms with Crippen LogP contribution in [0.4, 0.5) is 5.69 Å². The highest BCUT2D eigenvalue weighted by Gasteiger charge is 2.35. The molecule has 0 aliphatic carbocycles. The van der Waals surface area contributed by atoms with E-state index in [-0.39, 0.29) is 5.91 Å². The number of thioether (sulfide) groups is 1. The van der Waals surface area contributed by atoms with E-state index in [0.29, 0.717) is 20.7 Å². The first-order valence-electron chi connectivity index (χ1n) is 8.44. The van der Waals surface area contributed by atoms with Crippen molar-refractivity contribution in [3.05, 3.63) is 58.0 Å². The lowest BCUT2D eigenvalue weighted by atomic mass is 10.0. The molecule has 3 rings (SSSR count). The SMILES string of the molecule is COc1ccc(/C(C)=C2\SC(=S)N(c3cccc(C)c3C)C2=O)cc1OC. The number of allylic oxidation sites excluding steroid dienone is 1. The summed E-state index contributed by atoms with van der Waals surface area (Å²) in [6.45, 7) is 5.96. The normalized spacial score (nSPS) is 16.0. The molecule has 0 spiro atoms. The highest BCUT2D eigenvalue weighted by atomic mass is 32.2. The Morgan fingerprint density at radius 2 is 1.78 bits per heavy atom. The fourth-order valence-corrected chi connectivity index (χ4v) is 4.31. The van der Waals surface area contributed by atoms with Gasteiger partial charge in [-0.05, 0) is 61.2 Å². The Bertz CT molecular complexity index is 966. The minimum Gasteiger partial charge on any atom is -0.493 e. The number of aryl methyl sites for hydroxylation is 1. The van der Waals surface area contributed by atoms with Gasteiger partial charge in [-0.3, -0.25) is 9.69 Å². The summed E-state index contributed by atoms with van der Waals surface area (Å²) in [6, 6.07) is 11.5. The fraction of sp³-hybridized carbons (Fsp3) is 0.238. The Labute approximate surface area is 169 Å². The van der Waals surface area contributed by atoms with E-state index in [1.807, 2.05) is 57.2 Å². The molecule has 27 heavy (non-hydrogen) atoms. The van der Waals surface area contributed by atoms with E-state index in [9.17, 15) is 4.79 Å². The molecular weight excluding hydrogens is 378 g/mol. The van der Waals surface area contributed by atoms with E-state index in [0.717, 1.165) is 28.0 Å². The lowest BCUT2D eigenvalue weighted by molar-refractivity contribution is -0.113. The minimum absolute atomic E-state index is 0.0917. The van der Waals surface area contributed by atoms with Crippen LogP contribution in [0.5, 0.6) is 11.5 Å². The molecule has 1 heterocycles. The van der Waals surface area contributed by atoms with Crippen LogP contribution in [0.1, 0.15) is 23.6 Å². The molecule has 2 aromatic carbocycles. The third-order valence-corrected chi connectivity index (χ3v) is 6.22. The summed E-state index contributed by atoms with van der Waals surface area (Å²) < 4.78 is 11.2. The van der Waals surface area contributed by atoms with Crippen molar-refractivity contribution in [2.75, 3.05) is 19.1 Å². The summed E-state index contributed by atoms with van der Waals surface area (Å²) in [4.78, 5) is 15.4. The number of hydrogen-bond acceptors (Lipinski definition) is 5. The monoisotopic (exact) mass is 399 g/mol. The summed E-state index contributed by atoms with van der Waals surface area (Å²) >= 11 is 6.86. The molecule has 0 aromatic heterocycles. The maximum absolute atomic E-state index is 13.2. The standard InChI is InChI=1S/C21H21NO3S2/c1-12-7-6-8-16(13(12)2)22-20(23)19(27-21(22)26)14(3)15-9-10-17(24-4)18(11-15)25-5/h6-11H,1-5H3/b19-14-. The van der Waals surface area contributed by atoms with Crippen molar-refractivity contribution in [2.24, 2.45) is 0 Å². The van der Waals surface area contributed by atoms with Crippen molar-refractivity contribution in [3.8, 4) is 11.5 Å². The summed E-state index contributed by atoms with van der Waals surface area (Å²) in [5.41, 5.74) is 4.78. The zero-order valence-electron chi connectivity index (χ0n) is 16.0. The number of thiocarbonyl (C=S) groups is 1. The van der Waals surface area contributed by atoms with Gasteiger partial charge in [0.05, 0.1) is 24.8 Å². The Balaban J connectivity index is 2.04. The van der Waals surface area contributed by atoms with Crippen molar-refractivity contribution < 1.29 is 14.3 Å². The molecule has 1 aliphatic heterocycles. The number of benzene rings is 2. The average Bonchev–Trinajstić information content (AvgIpc) is 2.97. The van der Waals surface area contributed by atoms with Gasteiger partial charge in [0.25, 0.3) is 5.91 Å². The van der Waals surface area contributed by atoms with E-state index in [4.69, 9.17) is 21.7 Å². The van der Waals surface area contributed by atoms with Crippen molar-refractivity contribution in [1.82, 2.24) is 0 Å². The number of methoxy groups -OCH3 is 2. The van der Waals surface area contributed by atoms with Crippen molar-refractivity contribution in [3.63, 3.8) is 0 Å². The molecule has 0 unspecified atom stereocenters. The maximum Gasteiger partial charge on any atom is 0.271 e. The number of amides is 1. The Kier molecular flexibility index (Phi) is 5.58. The molecule has 1 aliphatic rings. The van der Waals surface area contributed by atoms with Crippen LogP contribution in [0, 0.1) is 13.8 Å². The van der Waals surface area contributed by atoms with Crippen LogP contribution in [0.3, 0.4) is 0 Å². The Hall–Kier alpha value is -2.31. The largest absolute Gasteiger partial charge is 0.493 e. The van der Waals surface area contributed by atoms with Gasteiger partial charge in [0.15, 0.2) is 15.8 Å². The van der Waals surface area contributed by atoms with Crippen LogP contribution in [0.2, 0.25) is 0 Å². The van der Waals surface area contributed by atoms with E-state index in [1.54, 1.807) is 19.1 Å². The molecule has 1 saturated heterocycles. The van der Waals surface area contributed by atoms with Gasteiger partial charge < -0.3 is 9.47 Å². The van der Waals surface area contributed by atoms with Gasteiger partial charge in [-0.25, -0.2) is 0 Å². The first kappa shape index (κ1) is 19.5. The first-order chi connectivity index (χ1) is 12.9. The lowest BCUT2D eigenvalue weighted by Gasteiger charge is -2.18. The smallest absolute Gasteiger partial charge is 0.271 e. The van der Waals surface area contributed by atoms with E-state index in [2.05, 4.69) is 0 Å². The van der Waals surface area contributed by atoms with Crippen LogP contribution in [-0.2, 0) is 4.79 Å². The van der Waals surface area contributed by atoms with Crippen molar-refractivity contribution >= 4 is 45.5 Å². The quantitative estimate of drug-likeness (QED) is 0.527. The predicted molar refractivity (Wildman–Crippen MR) is 116 cm³/mol. The number of hydrogen-bond donors (Lipinski definition) is 0. The van der Waals surface area contributed by atoms with Gasteiger partial charge in [-0.2, -0.15) is 0 Å². The zero-order valence-corrected chi connectivity index (χ0v) is 17.6. The van der Waals surface area contributed by atoms with Crippen molar-refractivity contribution in [2.45, 2.75) is 20.8 Å². The van der Waals surface area contributed by atoms with Gasteiger partial charge in [0.2, 0.25) is 0 Å². The molecule has 1 fully saturated rings. The topological polar surface area (TPSA) is 38.8 Å². The molecular formula is C21H21NO3S2. The second-order valence-electron chi connectivity index (χ2n) is 6.25. The summed E-state index contributed by atoms with van der Waals surface area (Å²) in [7, 11) is 3.19. The number of carbonyl (C=O) groups excluding carboxylic acids is 1. The Morgan fingerprint density at radius 3 is 2.44 bits per heavy atom. The summed E-state index contributed by atoms with van der Waals surface area (Å²) in [6.07, 6.45) is 0. The molecule has 0 saturated carbocycles. The second kappa shape index (κ2) is 7.74. The zero-order chi connectivity index (χ0) is 19.7. The third-order valence-electron chi connectivity index (χ3n) is 4.74. The maximum atomic E-state index is 13.2. The van der Waals surface area contributed by atoms with Gasteiger partial charge >= 0.3 is 0 Å². The van der Waals surface area contributed by atoms with E-state index >= 15 is 0 Å². The molecule has 0 radical (unpaired) electrons. The number of anilines is 1. The van der Waals surface area contributed by atoms with Gasteiger partial charge in [0.1, 0.15) is 0 Å². The van der Waals surface area contributed by atoms with Crippen LogP contribution in [-0.4, -0.2) is 24.4 Å². The van der Waals surface area contributed by atoms with Gasteiger partial charge in [0, 0.05) is 0 Å². The average molecular weight is 400 g/mol. The van der Waals surface area contributed by atoms with E-state index in [1.165, 1.54) is 11.8 Å². The number of ether oxygens (including phenoxy) is 2. The third kappa shape index (κ3) is 3.47. The van der Waals surface area contributed by atoms with Crippen LogP contribution >= 0.6 is 24.0 Å². The Morgan fingerprint density at radius 1 is 1.07 bits per heavy atom. The molecule has 4 nitrogen and oxygen atoms in total. The minimum atomic E-state index is -0.0917. The molecule has 2 aromatic rings. The molecule has 140 valence electrons. The van der Waals surface area contributed by atoms with Crippen LogP contribution in [0.25, 0.3) is 5.57 Å². The summed E-state index contributed by atoms with van der Waals surface area (Å²) in [5.74, 6) is 1.18. The number of carbonyl (C=O) groups is 1. The fourth-order valence-electron chi connectivity index (χ4n) is 2.98. The highest BCUT2D eigenvalue weighted by molar-refractivity contribution is 8.27. The number of nitrogens with zero attached hydrogens (tertiary/aromatic N) is 1. The number of rotatable bonds is 4. The summed E-state index contributed by atoms with van der Waals surface area (Å²) in [5, 5.41) is 0. The highest BCUT2D eigenvalue weighted by Crippen LogP contribution is 2.41. The molecule has 0 bridgehead atoms. The first-order valence-corrected chi connectivity index (χ1v) is 9.67. The molecule has 0 atom stereocenters. The molecule has 6 heteroatoms. The molecule has 1 amide bonds. The van der Waals surface area contributed by atoms with Gasteiger partial charge in [-0.1, -0.05) is 42.2 Å². The van der Waals surface area contributed by atoms with Crippen LogP contribution in [0.15, 0.2) is 41.3 Å². The predicted octanol–water partition coefficient (Wildman–Crippen LogP) is 5.12. The van der Waals surface area contributed by atoms with Gasteiger partial charge in [-0.15, -0.1) is 0 Å².